The van der Waals surface area contributed by atoms with E-state index in [9.17, 15) is 13.2 Å². The zero-order chi connectivity index (χ0) is 20.9. The number of ether oxygens (including phenoxy) is 1. The van der Waals surface area contributed by atoms with Crippen LogP contribution in [0.2, 0.25) is 0 Å². The highest BCUT2D eigenvalue weighted by molar-refractivity contribution is 7.89. The van der Waals surface area contributed by atoms with Crippen LogP contribution in [0.25, 0.3) is 0 Å². The molecule has 0 unspecified atom stereocenters. The van der Waals surface area contributed by atoms with Gasteiger partial charge < -0.3 is 10.1 Å². The van der Waals surface area contributed by atoms with Gasteiger partial charge in [-0.05, 0) is 48.7 Å². The summed E-state index contributed by atoms with van der Waals surface area (Å²) in [6, 6.07) is 10.4. The number of rotatable bonds is 8. The van der Waals surface area contributed by atoms with E-state index in [4.69, 9.17) is 4.74 Å². The number of nitrogens with zero attached hydrogens (tertiary/aromatic N) is 1. The van der Waals surface area contributed by atoms with E-state index in [1.165, 1.54) is 29.1 Å². The molecule has 0 aliphatic rings. The van der Waals surface area contributed by atoms with Gasteiger partial charge >= 0.3 is 0 Å². The normalized spacial score (nSPS) is 11.5. The van der Waals surface area contributed by atoms with Crippen LogP contribution in [0.1, 0.15) is 30.5 Å². The van der Waals surface area contributed by atoms with Crippen LogP contribution in [0.3, 0.4) is 0 Å². The van der Waals surface area contributed by atoms with Crippen molar-refractivity contribution in [3.63, 3.8) is 0 Å². The molecule has 2 aromatic rings. The van der Waals surface area contributed by atoms with E-state index < -0.39 is 10.0 Å². The van der Waals surface area contributed by atoms with Crippen molar-refractivity contribution in [2.24, 2.45) is 0 Å². The number of carbonyl (C=O) groups is 1. The molecule has 28 heavy (non-hydrogen) atoms. The van der Waals surface area contributed by atoms with Gasteiger partial charge in [0.15, 0.2) is 0 Å². The van der Waals surface area contributed by atoms with Crippen LogP contribution in [0.5, 0.6) is 5.75 Å². The molecule has 0 fully saturated rings. The van der Waals surface area contributed by atoms with Crippen molar-refractivity contribution in [3.8, 4) is 5.75 Å². The molecule has 2 aromatic carbocycles. The lowest BCUT2D eigenvalue weighted by molar-refractivity contribution is -0.115. The van der Waals surface area contributed by atoms with Crippen LogP contribution in [0.4, 0.5) is 5.69 Å². The Balaban J connectivity index is 2.28. The predicted octanol–water partition coefficient (Wildman–Crippen LogP) is 3.52. The molecule has 2 rings (SSSR count). The topological polar surface area (TPSA) is 75.7 Å². The Morgan fingerprint density at radius 1 is 1.04 bits per heavy atom. The second kappa shape index (κ2) is 9.21. The minimum atomic E-state index is -3.63. The van der Waals surface area contributed by atoms with Gasteiger partial charge in [0, 0.05) is 13.1 Å². The molecule has 0 atom stereocenters. The SMILES string of the molecule is CCN(CC)S(=O)(=O)c1ccc(OC)c(NC(=O)Cc2ccc(C)c(C)c2)c1. The van der Waals surface area contributed by atoms with E-state index in [1.807, 2.05) is 32.0 Å². The lowest BCUT2D eigenvalue weighted by Crippen LogP contribution is -2.30. The van der Waals surface area contributed by atoms with E-state index in [0.29, 0.717) is 24.5 Å². The summed E-state index contributed by atoms with van der Waals surface area (Å²) in [6.45, 7) is 8.35. The van der Waals surface area contributed by atoms with Crippen molar-refractivity contribution in [3.05, 3.63) is 53.1 Å². The summed E-state index contributed by atoms with van der Waals surface area (Å²) < 4.78 is 32.2. The molecule has 0 saturated heterocycles. The maximum Gasteiger partial charge on any atom is 0.243 e. The summed E-state index contributed by atoms with van der Waals surface area (Å²) in [6.07, 6.45) is 0.192. The fourth-order valence-electron chi connectivity index (χ4n) is 2.95. The van der Waals surface area contributed by atoms with E-state index in [1.54, 1.807) is 19.9 Å². The molecule has 0 spiro atoms. The van der Waals surface area contributed by atoms with Crippen molar-refractivity contribution in [2.75, 3.05) is 25.5 Å². The van der Waals surface area contributed by atoms with E-state index in [2.05, 4.69) is 5.32 Å². The molecule has 152 valence electrons. The summed E-state index contributed by atoms with van der Waals surface area (Å²) in [5.74, 6) is 0.172. The molecule has 0 aliphatic carbocycles. The first-order valence-corrected chi connectivity index (χ1v) is 10.7. The lowest BCUT2D eigenvalue weighted by Gasteiger charge is -2.19. The van der Waals surface area contributed by atoms with Crippen LogP contribution < -0.4 is 10.1 Å². The summed E-state index contributed by atoms with van der Waals surface area (Å²) >= 11 is 0. The Labute approximate surface area is 167 Å². The quantitative estimate of drug-likeness (QED) is 0.730. The maximum absolute atomic E-state index is 12.8. The van der Waals surface area contributed by atoms with E-state index >= 15 is 0 Å². The molecule has 1 N–H and O–H groups in total. The Morgan fingerprint density at radius 2 is 1.71 bits per heavy atom. The number of hydrogen-bond donors (Lipinski definition) is 1. The third-order valence-electron chi connectivity index (χ3n) is 4.72. The maximum atomic E-state index is 12.8. The first kappa shape index (κ1) is 21.9. The molecule has 1 amide bonds. The molecule has 0 aromatic heterocycles. The molecule has 0 aliphatic heterocycles. The van der Waals surface area contributed by atoms with E-state index in [0.717, 1.165) is 11.1 Å². The van der Waals surface area contributed by atoms with Crippen molar-refractivity contribution >= 4 is 21.6 Å². The Kier molecular flexibility index (Phi) is 7.21. The van der Waals surface area contributed by atoms with Crippen molar-refractivity contribution in [1.82, 2.24) is 4.31 Å². The number of sulfonamides is 1. The lowest BCUT2D eigenvalue weighted by atomic mass is 10.0. The number of anilines is 1. The number of nitrogens with one attached hydrogen (secondary N) is 1. The van der Waals surface area contributed by atoms with Gasteiger partial charge in [0.2, 0.25) is 15.9 Å². The van der Waals surface area contributed by atoms with Gasteiger partial charge in [-0.2, -0.15) is 4.31 Å². The van der Waals surface area contributed by atoms with Crippen molar-refractivity contribution < 1.29 is 17.9 Å². The van der Waals surface area contributed by atoms with Gasteiger partial charge in [-0.25, -0.2) is 8.42 Å². The second-order valence-corrected chi connectivity index (χ2v) is 8.53. The first-order chi connectivity index (χ1) is 13.2. The van der Waals surface area contributed by atoms with Gasteiger partial charge in [-0.3, -0.25) is 4.79 Å². The summed E-state index contributed by atoms with van der Waals surface area (Å²) in [5.41, 5.74) is 3.52. The van der Waals surface area contributed by atoms with Gasteiger partial charge in [-0.1, -0.05) is 32.0 Å². The summed E-state index contributed by atoms with van der Waals surface area (Å²) in [4.78, 5) is 12.7. The predicted molar refractivity (Wildman–Crippen MR) is 111 cm³/mol. The molecular formula is C21H28N2O4S. The minimum Gasteiger partial charge on any atom is -0.495 e. The molecular weight excluding hydrogens is 376 g/mol. The monoisotopic (exact) mass is 404 g/mol. The molecule has 0 radical (unpaired) electrons. The average molecular weight is 405 g/mol. The fourth-order valence-corrected chi connectivity index (χ4v) is 4.44. The molecule has 7 heteroatoms. The highest BCUT2D eigenvalue weighted by atomic mass is 32.2. The Morgan fingerprint density at radius 3 is 2.29 bits per heavy atom. The molecule has 0 heterocycles. The number of hydrogen-bond acceptors (Lipinski definition) is 4. The van der Waals surface area contributed by atoms with Crippen LogP contribution in [0, 0.1) is 13.8 Å². The van der Waals surface area contributed by atoms with Crippen LogP contribution in [-0.2, 0) is 21.2 Å². The Hall–Kier alpha value is -2.38. The minimum absolute atomic E-state index is 0.124. The second-order valence-electron chi connectivity index (χ2n) is 6.59. The van der Waals surface area contributed by atoms with Crippen LogP contribution in [-0.4, -0.2) is 38.8 Å². The number of aryl methyl sites for hydroxylation is 2. The first-order valence-electron chi connectivity index (χ1n) is 9.27. The number of benzene rings is 2. The van der Waals surface area contributed by atoms with Gasteiger partial charge in [0.1, 0.15) is 5.75 Å². The van der Waals surface area contributed by atoms with Crippen LogP contribution in [0.15, 0.2) is 41.3 Å². The zero-order valence-corrected chi connectivity index (χ0v) is 17.9. The van der Waals surface area contributed by atoms with Crippen LogP contribution >= 0.6 is 0 Å². The van der Waals surface area contributed by atoms with Gasteiger partial charge in [-0.15, -0.1) is 0 Å². The highest BCUT2D eigenvalue weighted by Gasteiger charge is 2.23. The number of carbonyl (C=O) groups excluding carboxylic acids is 1. The average Bonchev–Trinajstić information content (AvgIpc) is 2.65. The fraction of sp³-hybridized carbons (Fsp3) is 0.381. The third kappa shape index (κ3) is 4.91. The zero-order valence-electron chi connectivity index (χ0n) is 17.1. The number of methoxy groups -OCH3 is 1. The third-order valence-corrected chi connectivity index (χ3v) is 6.77. The number of amides is 1. The molecule has 0 saturated carbocycles. The highest BCUT2D eigenvalue weighted by Crippen LogP contribution is 2.29. The Bertz CT molecular complexity index is 951. The standard InChI is InChI=1S/C21H28N2O4S/c1-6-23(7-2)28(25,26)18-10-11-20(27-5)19(14-18)22-21(24)13-17-9-8-15(3)16(4)12-17/h8-12,14H,6-7,13H2,1-5H3,(H,22,24). The van der Waals surface area contributed by atoms with Crippen molar-refractivity contribution in [2.45, 2.75) is 39.0 Å². The summed E-state index contributed by atoms with van der Waals surface area (Å²) in [7, 11) is -2.15. The molecule has 6 nitrogen and oxygen atoms in total. The van der Waals surface area contributed by atoms with E-state index in [-0.39, 0.29) is 17.2 Å². The molecule has 0 bridgehead atoms. The van der Waals surface area contributed by atoms with Crippen molar-refractivity contribution in [1.29, 1.82) is 0 Å². The largest absolute Gasteiger partial charge is 0.495 e. The van der Waals surface area contributed by atoms with Gasteiger partial charge in [0.25, 0.3) is 0 Å². The summed E-state index contributed by atoms with van der Waals surface area (Å²) in [5, 5.41) is 2.78. The van der Waals surface area contributed by atoms with Gasteiger partial charge in [0.05, 0.1) is 24.1 Å². The smallest absolute Gasteiger partial charge is 0.243 e.